The highest BCUT2D eigenvalue weighted by atomic mass is 35.6. The largest absolute Gasteiger partial charge is 0.496 e. The van der Waals surface area contributed by atoms with Gasteiger partial charge in [0.25, 0.3) is 11.6 Å². The molecule has 0 aliphatic carbocycles. The SMILES string of the molecule is COc1ccccc1C(=O)N[C@@H](NC(=S)Nc1ccc([N+](=O)[O-])cc1)C(Cl)(Cl)Cl. The molecular formula is C17H15Cl3N4O4S. The third kappa shape index (κ3) is 6.60. The Kier molecular flexibility index (Phi) is 7.86. The predicted molar refractivity (Wildman–Crippen MR) is 117 cm³/mol. The van der Waals surface area contributed by atoms with Gasteiger partial charge in [0.05, 0.1) is 17.6 Å². The second kappa shape index (κ2) is 9.93. The topological polar surface area (TPSA) is 106 Å². The number of alkyl halides is 3. The minimum atomic E-state index is -1.95. The van der Waals surface area contributed by atoms with Crippen molar-refractivity contribution < 1.29 is 14.5 Å². The van der Waals surface area contributed by atoms with E-state index < -0.39 is 20.8 Å². The number of nitro benzene ring substituents is 1. The fourth-order valence-electron chi connectivity index (χ4n) is 2.21. The highest BCUT2D eigenvalue weighted by molar-refractivity contribution is 7.80. The van der Waals surface area contributed by atoms with Crippen LogP contribution < -0.4 is 20.7 Å². The van der Waals surface area contributed by atoms with Crippen molar-refractivity contribution in [1.82, 2.24) is 10.6 Å². The summed E-state index contributed by atoms with van der Waals surface area (Å²) in [6.07, 6.45) is -1.19. The van der Waals surface area contributed by atoms with Crippen molar-refractivity contribution in [2.45, 2.75) is 9.96 Å². The molecule has 0 saturated heterocycles. The number of anilines is 1. The van der Waals surface area contributed by atoms with E-state index in [1.807, 2.05) is 0 Å². The number of benzene rings is 2. The third-order valence-corrected chi connectivity index (χ3v) is 4.44. The van der Waals surface area contributed by atoms with Crippen molar-refractivity contribution in [1.29, 1.82) is 0 Å². The van der Waals surface area contributed by atoms with Crippen LogP contribution in [-0.4, -0.2) is 33.0 Å². The van der Waals surface area contributed by atoms with Gasteiger partial charge in [0.2, 0.25) is 3.79 Å². The fraction of sp³-hybridized carbons (Fsp3) is 0.176. The van der Waals surface area contributed by atoms with Crippen molar-refractivity contribution in [3.05, 3.63) is 64.2 Å². The number of hydrogen-bond acceptors (Lipinski definition) is 5. The summed E-state index contributed by atoms with van der Waals surface area (Å²) in [6.45, 7) is 0. The van der Waals surface area contributed by atoms with Crippen molar-refractivity contribution in [2.24, 2.45) is 0 Å². The molecule has 29 heavy (non-hydrogen) atoms. The van der Waals surface area contributed by atoms with Crippen molar-refractivity contribution in [3.8, 4) is 5.75 Å². The first kappa shape index (κ1) is 23.0. The van der Waals surface area contributed by atoms with Crippen molar-refractivity contribution in [2.75, 3.05) is 12.4 Å². The van der Waals surface area contributed by atoms with Crippen LogP contribution in [0.25, 0.3) is 0 Å². The molecule has 0 saturated carbocycles. The summed E-state index contributed by atoms with van der Waals surface area (Å²) in [5, 5.41) is 18.8. The number of nitrogens with zero attached hydrogens (tertiary/aromatic N) is 1. The molecule has 1 atom stereocenters. The zero-order valence-electron chi connectivity index (χ0n) is 14.8. The van der Waals surface area contributed by atoms with E-state index in [-0.39, 0.29) is 16.4 Å². The molecule has 0 aliphatic heterocycles. The first-order valence-electron chi connectivity index (χ1n) is 7.94. The van der Waals surface area contributed by atoms with E-state index in [0.717, 1.165) is 0 Å². The lowest BCUT2D eigenvalue weighted by molar-refractivity contribution is -0.384. The molecule has 0 aromatic heterocycles. The van der Waals surface area contributed by atoms with Crippen LogP contribution in [0.15, 0.2) is 48.5 Å². The van der Waals surface area contributed by atoms with E-state index >= 15 is 0 Å². The molecule has 0 unspecified atom stereocenters. The minimum absolute atomic E-state index is 0.0236. The van der Waals surface area contributed by atoms with Gasteiger partial charge in [-0.3, -0.25) is 14.9 Å². The number of methoxy groups -OCH3 is 1. The van der Waals surface area contributed by atoms with E-state index in [1.165, 1.54) is 31.4 Å². The van der Waals surface area contributed by atoms with Gasteiger partial charge in [-0.2, -0.15) is 0 Å². The Morgan fingerprint density at radius 1 is 1.14 bits per heavy atom. The number of ether oxygens (including phenoxy) is 1. The molecule has 0 bridgehead atoms. The molecule has 0 spiro atoms. The van der Waals surface area contributed by atoms with Crippen LogP contribution in [0.5, 0.6) is 5.75 Å². The maximum atomic E-state index is 12.6. The maximum Gasteiger partial charge on any atom is 0.269 e. The van der Waals surface area contributed by atoms with Gasteiger partial charge in [0.15, 0.2) is 5.11 Å². The van der Waals surface area contributed by atoms with E-state index in [4.69, 9.17) is 51.8 Å². The van der Waals surface area contributed by atoms with E-state index in [1.54, 1.807) is 24.3 Å². The normalized spacial score (nSPS) is 11.9. The number of thiocarbonyl (C=S) groups is 1. The Labute approximate surface area is 186 Å². The Morgan fingerprint density at radius 3 is 2.31 bits per heavy atom. The summed E-state index contributed by atoms with van der Waals surface area (Å²) in [4.78, 5) is 22.8. The molecular weight excluding hydrogens is 463 g/mol. The minimum Gasteiger partial charge on any atom is -0.496 e. The summed E-state index contributed by atoms with van der Waals surface area (Å²) in [7, 11) is 1.43. The summed E-state index contributed by atoms with van der Waals surface area (Å²) in [5.74, 6) is -0.205. The van der Waals surface area contributed by atoms with Crippen LogP contribution in [-0.2, 0) is 0 Å². The van der Waals surface area contributed by atoms with Gasteiger partial charge >= 0.3 is 0 Å². The molecule has 154 valence electrons. The molecule has 2 aromatic carbocycles. The molecule has 0 aliphatic rings. The van der Waals surface area contributed by atoms with Gasteiger partial charge in [-0.05, 0) is 36.5 Å². The molecule has 1 amide bonds. The van der Waals surface area contributed by atoms with Crippen molar-refractivity contribution in [3.63, 3.8) is 0 Å². The van der Waals surface area contributed by atoms with E-state index in [2.05, 4.69) is 16.0 Å². The van der Waals surface area contributed by atoms with Gasteiger partial charge in [-0.15, -0.1) is 0 Å². The lowest BCUT2D eigenvalue weighted by Crippen LogP contribution is -2.56. The summed E-state index contributed by atoms with van der Waals surface area (Å²) in [5.41, 5.74) is 0.634. The second-order valence-corrected chi connectivity index (χ2v) is 8.33. The highest BCUT2D eigenvalue weighted by Gasteiger charge is 2.35. The maximum absolute atomic E-state index is 12.6. The average Bonchev–Trinajstić information content (AvgIpc) is 2.67. The van der Waals surface area contributed by atoms with Gasteiger partial charge in [-0.25, -0.2) is 0 Å². The number of rotatable bonds is 6. The number of non-ortho nitro benzene ring substituents is 1. The highest BCUT2D eigenvalue weighted by Crippen LogP contribution is 2.30. The van der Waals surface area contributed by atoms with Gasteiger partial charge in [-0.1, -0.05) is 46.9 Å². The molecule has 3 N–H and O–H groups in total. The molecule has 2 rings (SSSR count). The zero-order valence-corrected chi connectivity index (χ0v) is 17.9. The monoisotopic (exact) mass is 476 g/mol. The van der Waals surface area contributed by atoms with Gasteiger partial charge in [0.1, 0.15) is 11.9 Å². The number of halogens is 3. The fourth-order valence-corrected chi connectivity index (χ4v) is 2.77. The van der Waals surface area contributed by atoms with E-state index in [0.29, 0.717) is 11.4 Å². The Balaban J connectivity index is 2.09. The van der Waals surface area contributed by atoms with Crippen molar-refractivity contribution >= 4 is 69.4 Å². The lowest BCUT2D eigenvalue weighted by atomic mass is 10.2. The Hall–Kier alpha value is -2.33. The Bertz CT molecular complexity index is 906. The first-order valence-corrected chi connectivity index (χ1v) is 9.48. The molecule has 0 heterocycles. The lowest BCUT2D eigenvalue weighted by Gasteiger charge is -2.28. The number of nitrogens with one attached hydrogen (secondary N) is 3. The first-order chi connectivity index (χ1) is 13.6. The second-order valence-electron chi connectivity index (χ2n) is 5.55. The van der Waals surface area contributed by atoms with Gasteiger partial charge in [0, 0.05) is 17.8 Å². The number of nitro groups is 1. The van der Waals surface area contributed by atoms with Crippen LogP contribution >= 0.6 is 47.0 Å². The van der Waals surface area contributed by atoms with Crippen LogP contribution in [0.4, 0.5) is 11.4 Å². The van der Waals surface area contributed by atoms with Crippen LogP contribution in [0.2, 0.25) is 0 Å². The predicted octanol–water partition coefficient (Wildman–Crippen LogP) is 4.02. The Morgan fingerprint density at radius 2 is 1.76 bits per heavy atom. The molecule has 2 aromatic rings. The molecule has 0 radical (unpaired) electrons. The van der Waals surface area contributed by atoms with Crippen LogP contribution in [0.1, 0.15) is 10.4 Å². The molecule has 0 fully saturated rings. The molecule has 12 heteroatoms. The smallest absolute Gasteiger partial charge is 0.269 e. The number of para-hydroxylation sites is 1. The number of carbonyl (C=O) groups excluding carboxylic acids is 1. The summed E-state index contributed by atoms with van der Waals surface area (Å²) in [6, 6.07) is 12.1. The summed E-state index contributed by atoms with van der Waals surface area (Å²) < 4.78 is 3.21. The third-order valence-electron chi connectivity index (χ3n) is 3.57. The molecule has 8 nitrogen and oxygen atoms in total. The quantitative estimate of drug-likeness (QED) is 0.190. The standard InChI is InChI=1S/C17H15Cl3N4O4S/c1-28-13-5-3-2-4-12(13)14(25)22-15(17(18,19)20)23-16(29)21-10-6-8-11(9-7-10)24(26)27/h2-9,15H,1H3,(H,22,25)(H2,21,23,29)/t15-/m0/s1. The number of carbonyl (C=O) groups is 1. The summed E-state index contributed by atoms with van der Waals surface area (Å²) >= 11 is 23.1. The van der Waals surface area contributed by atoms with Crippen LogP contribution in [0.3, 0.4) is 0 Å². The number of hydrogen-bond donors (Lipinski definition) is 3. The number of amides is 1. The van der Waals surface area contributed by atoms with Gasteiger partial charge < -0.3 is 20.7 Å². The average molecular weight is 478 g/mol. The van der Waals surface area contributed by atoms with Crippen LogP contribution in [0, 0.1) is 10.1 Å². The zero-order chi connectivity index (χ0) is 21.6. The van der Waals surface area contributed by atoms with E-state index in [9.17, 15) is 14.9 Å².